The lowest BCUT2D eigenvalue weighted by Gasteiger charge is -2.18. The highest BCUT2D eigenvalue weighted by atomic mass is 16.1. The number of hydrogen-bond acceptors (Lipinski definition) is 1. The van der Waals surface area contributed by atoms with Crippen molar-refractivity contribution in [2.75, 3.05) is 0 Å². The van der Waals surface area contributed by atoms with E-state index in [0.717, 1.165) is 0 Å². The normalized spacial score (nSPS) is 22.8. The molecule has 0 saturated heterocycles. The summed E-state index contributed by atoms with van der Waals surface area (Å²) >= 11 is 0. The van der Waals surface area contributed by atoms with Crippen LogP contribution in [-0.2, 0) is 4.79 Å². The third kappa shape index (κ3) is 1.45. The van der Waals surface area contributed by atoms with Crippen molar-refractivity contribution in [3.63, 3.8) is 0 Å². The molecule has 0 heterocycles. The summed E-state index contributed by atoms with van der Waals surface area (Å²) in [4.78, 5) is 11.1. The zero-order valence-corrected chi connectivity index (χ0v) is 8.84. The van der Waals surface area contributed by atoms with E-state index in [-0.39, 0.29) is 5.78 Å². The van der Waals surface area contributed by atoms with Crippen LogP contribution in [0.25, 0.3) is 6.08 Å². The molecule has 1 nitrogen and oxygen atoms in total. The van der Waals surface area contributed by atoms with Crippen molar-refractivity contribution in [2.45, 2.75) is 5.92 Å². The number of ketones is 1. The standard InChI is InChI=1S/C15H12O/c16-13-8-5-12(6-9-13)15-10-7-11-3-1-2-4-14(11)15/h1-10,12,15H. The van der Waals surface area contributed by atoms with Gasteiger partial charge < -0.3 is 0 Å². The van der Waals surface area contributed by atoms with E-state index in [0.29, 0.717) is 11.8 Å². The molecule has 1 unspecified atom stereocenters. The number of fused-ring (bicyclic) bond motifs is 1. The molecule has 2 aliphatic rings. The Morgan fingerprint density at radius 1 is 0.875 bits per heavy atom. The summed E-state index contributed by atoms with van der Waals surface area (Å²) in [5.41, 5.74) is 2.65. The van der Waals surface area contributed by atoms with Crippen LogP contribution in [-0.4, -0.2) is 5.78 Å². The molecule has 1 heteroatoms. The minimum Gasteiger partial charge on any atom is -0.290 e. The van der Waals surface area contributed by atoms with Crippen LogP contribution in [0.3, 0.4) is 0 Å². The largest absolute Gasteiger partial charge is 0.290 e. The molecule has 0 fully saturated rings. The fourth-order valence-corrected chi connectivity index (χ4v) is 2.38. The van der Waals surface area contributed by atoms with Gasteiger partial charge in [-0.05, 0) is 23.3 Å². The molecule has 2 aliphatic carbocycles. The Morgan fingerprint density at radius 3 is 2.44 bits per heavy atom. The number of allylic oxidation sites excluding steroid dienone is 5. The van der Waals surface area contributed by atoms with E-state index < -0.39 is 0 Å². The number of hydrogen-bond donors (Lipinski definition) is 0. The molecule has 0 amide bonds. The van der Waals surface area contributed by atoms with E-state index >= 15 is 0 Å². The van der Waals surface area contributed by atoms with E-state index in [1.807, 2.05) is 12.2 Å². The minimum atomic E-state index is 0.0894. The van der Waals surface area contributed by atoms with E-state index in [4.69, 9.17) is 0 Å². The summed E-state index contributed by atoms with van der Waals surface area (Å²) < 4.78 is 0. The zero-order chi connectivity index (χ0) is 11.0. The van der Waals surface area contributed by atoms with Crippen LogP contribution in [0, 0.1) is 5.92 Å². The topological polar surface area (TPSA) is 17.1 Å². The van der Waals surface area contributed by atoms with E-state index in [9.17, 15) is 4.79 Å². The first-order valence-corrected chi connectivity index (χ1v) is 5.52. The Labute approximate surface area is 94.8 Å². The minimum absolute atomic E-state index is 0.0894. The molecule has 0 spiro atoms. The molecule has 1 aromatic carbocycles. The Kier molecular flexibility index (Phi) is 2.10. The highest BCUT2D eigenvalue weighted by Crippen LogP contribution is 2.37. The van der Waals surface area contributed by atoms with Crippen LogP contribution in [0.1, 0.15) is 17.0 Å². The molecule has 3 rings (SSSR count). The van der Waals surface area contributed by atoms with Crippen molar-refractivity contribution in [2.24, 2.45) is 5.92 Å². The van der Waals surface area contributed by atoms with Crippen molar-refractivity contribution in [3.05, 3.63) is 65.8 Å². The average Bonchev–Trinajstić information content (AvgIpc) is 2.74. The van der Waals surface area contributed by atoms with Crippen molar-refractivity contribution < 1.29 is 4.79 Å². The lowest BCUT2D eigenvalue weighted by Crippen LogP contribution is -2.08. The molecule has 1 aromatic rings. The maximum atomic E-state index is 11.1. The Balaban J connectivity index is 1.94. The summed E-state index contributed by atoms with van der Waals surface area (Å²) in [6.45, 7) is 0. The molecular weight excluding hydrogens is 196 g/mol. The summed E-state index contributed by atoms with van der Waals surface area (Å²) in [6.07, 6.45) is 11.7. The first-order valence-electron chi connectivity index (χ1n) is 5.52. The number of carbonyl (C=O) groups is 1. The summed E-state index contributed by atoms with van der Waals surface area (Å²) in [5, 5.41) is 0. The van der Waals surface area contributed by atoms with E-state index in [2.05, 4.69) is 36.4 Å². The monoisotopic (exact) mass is 208 g/mol. The van der Waals surface area contributed by atoms with Gasteiger partial charge in [0.15, 0.2) is 5.78 Å². The third-order valence-corrected chi connectivity index (χ3v) is 3.22. The number of rotatable bonds is 1. The van der Waals surface area contributed by atoms with Gasteiger partial charge in [0.25, 0.3) is 0 Å². The first-order chi connectivity index (χ1) is 7.84. The van der Waals surface area contributed by atoms with Gasteiger partial charge in [-0.25, -0.2) is 0 Å². The van der Waals surface area contributed by atoms with Crippen LogP contribution in [0.2, 0.25) is 0 Å². The van der Waals surface area contributed by atoms with Crippen molar-refractivity contribution in [3.8, 4) is 0 Å². The molecule has 0 N–H and O–H groups in total. The fourth-order valence-electron chi connectivity index (χ4n) is 2.38. The molecule has 1 atom stereocenters. The smallest absolute Gasteiger partial charge is 0.178 e. The lowest BCUT2D eigenvalue weighted by atomic mass is 9.85. The number of carbonyl (C=O) groups excluding carboxylic acids is 1. The summed E-state index contributed by atoms with van der Waals surface area (Å²) in [7, 11) is 0. The number of benzene rings is 1. The van der Waals surface area contributed by atoms with Crippen LogP contribution in [0.5, 0.6) is 0 Å². The third-order valence-electron chi connectivity index (χ3n) is 3.22. The molecule has 16 heavy (non-hydrogen) atoms. The Hall–Kier alpha value is -1.89. The Morgan fingerprint density at radius 2 is 1.62 bits per heavy atom. The van der Waals surface area contributed by atoms with E-state index in [1.165, 1.54) is 11.1 Å². The molecule has 0 saturated carbocycles. The lowest BCUT2D eigenvalue weighted by molar-refractivity contribution is -0.110. The van der Waals surface area contributed by atoms with Crippen LogP contribution >= 0.6 is 0 Å². The van der Waals surface area contributed by atoms with Gasteiger partial charge in [0, 0.05) is 11.8 Å². The van der Waals surface area contributed by atoms with E-state index in [1.54, 1.807) is 12.2 Å². The van der Waals surface area contributed by atoms with Gasteiger partial charge in [-0.3, -0.25) is 4.79 Å². The second-order valence-electron chi connectivity index (χ2n) is 4.21. The van der Waals surface area contributed by atoms with Crippen LogP contribution < -0.4 is 0 Å². The molecule has 0 aliphatic heterocycles. The van der Waals surface area contributed by atoms with Gasteiger partial charge in [-0.2, -0.15) is 0 Å². The van der Waals surface area contributed by atoms with Gasteiger partial charge in [-0.15, -0.1) is 0 Å². The second-order valence-corrected chi connectivity index (χ2v) is 4.21. The van der Waals surface area contributed by atoms with Gasteiger partial charge in [0.05, 0.1) is 0 Å². The van der Waals surface area contributed by atoms with Crippen LogP contribution in [0.15, 0.2) is 54.6 Å². The highest BCUT2D eigenvalue weighted by molar-refractivity contribution is 6.00. The molecule has 0 aromatic heterocycles. The quantitative estimate of drug-likeness (QED) is 0.693. The van der Waals surface area contributed by atoms with Crippen molar-refractivity contribution in [1.29, 1.82) is 0 Å². The average molecular weight is 208 g/mol. The maximum absolute atomic E-state index is 11.1. The second kappa shape index (κ2) is 3.60. The van der Waals surface area contributed by atoms with Gasteiger partial charge in [-0.1, -0.05) is 48.6 Å². The SMILES string of the molecule is O=C1C=CC(C2C=Cc3ccccc32)C=C1. The van der Waals surface area contributed by atoms with Crippen molar-refractivity contribution in [1.82, 2.24) is 0 Å². The molecule has 0 radical (unpaired) electrons. The molecule has 0 bridgehead atoms. The molecular formula is C15H12O. The molecule has 78 valence electrons. The predicted molar refractivity (Wildman–Crippen MR) is 65.0 cm³/mol. The highest BCUT2D eigenvalue weighted by Gasteiger charge is 2.23. The van der Waals surface area contributed by atoms with Crippen LogP contribution in [0.4, 0.5) is 0 Å². The summed E-state index contributed by atoms with van der Waals surface area (Å²) in [6, 6.07) is 8.42. The van der Waals surface area contributed by atoms with Gasteiger partial charge in [0.1, 0.15) is 0 Å². The predicted octanol–water partition coefficient (Wildman–Crippen LogP) is 3.11. The Bertz CT molecular complexity index is 504. The van der Waals surface area contributed by atoms with Gasteiger partial charge in [0.2, 0.25) is 0 Å². The van der Waals surface area contributed by atoms with Gasteiger partial charge >= 0.3 is 0 Å². The van der Waals surface area contributed by atoms with Crippen molar-refractivity contribution >= 4 is 11.9 Å². The zero-order valence-electron chi connectivity index (χ0n) is 8.84. The first kappa shape index (κ1) is 9.34. The maximum Gasteiger partial charge on any atom is 0.178 e. The summed E-state index contributed by atoms with van der Waals surface area (Å²) in [5.74, 6) is 0.793. The fraction of sp³-hybridized carbons (Fsp3) is 0.133.